The van der Waals surface area contributed by atoms with Gasteiger partial charge in [-0.3, -0.25) is 9.59 Å². The maximum atomic E-state index is 12.5. The van der Waals surface area contributed by atoms with Gasteiger partial charge in [0, 0.05) is 23.0 Å². The lowest BCUT2D eigenvalue weighted by Crippen LogP contribution is -2.36. The molecule has 2 aromatic carbocycles. The van der Waals surface area contributed by atoms with E-state index in [0.717, 1.165) is 25.7 Å². The molecule has 0 saturated heterocycles. The molecule has 1 fully saturated rings. The first-order valence-electron chi connectivity index (χ1n) is 9.41. The SMILES string of the molecule is O=C(CNc1ccc(Cl)c(Cl)c1)Nc1cccc(C(=O)NC2CCCCC2)c1. The Kier molecular flexibility index (Phi) is 7.18. The molecule has 28 heavy (non-hydrogen) atoms. The highest BCUT2D eigenvalue weighted by Crippen LogP contribution is 2.25. The highest BCUT2D eigenvalue weighted by atomic mass is 35.5. The summed E-state index contributed by atoms with van der Waals surface area (Å²) < 4.78 is 0. The van der Waals surface area contributed by atoms with Crippen LogP contribution in [-0.4, -0.2) is 24.4 Å². The first-order chi connectivity index (χ1) is 13.5. The van der Waals surface area contributed by atoms with Gasteiger partial charge in [-0.15, -0.1) is 0 Å². The molecule has 1 saturated carbocycles. The Balaban J connectivity index is 1.53. The molecule has 0 unspecified atom stereocenters. The van der Waals surface area contributed by atoms with E-state index in [9.17, 15) is 9.59 Å². The van der Waals surface area contributed by atoms with E-state index in [-0.39, 0.29) is 24.4 Å². The van der Waals surface area contributed by atoms with Crippen molar-refractivity contribution >= 4 is 46.4 Å². The predicted molar refractivity (Wildman–Crippen MR) is 114 cm³/mol. The minimum Gasteiger partial charge on any atom is -0.376 e. The summed E-state index contributed by atoms with van der Waals surface area (Å²) in [5.74, 6) is -0.326. The highest BCUT2D eigenvalue weighted by molar-refractivity contribution is 6.42. The second kappa shape index (κ2) is 9.80. The third-order valence-corrected chi connectivity index (χ3v) is 5.46. The van der Waals surface area contributed by atoms with Gasteiger partial charge in [0.25, 0.3) is 5.91 Å². The van der Waals surface area contributed by atoms with E-state index in [1.807, 2.05) is 0 Å². The number of benzene rings is 2. The van der Waals surface area contributed by atoms with Gasteiger partial charge in [-0.05, 0) is 49.2 Å². The van der Waals surface area contributed by atoms with Crippen LogP contribution < -0.4 is 16.0 Å². The molecule has 1 aliphatic rings. The molecule has 3 rings (SSSR count). The summed E-state index contributed by atoms with van der Waals surface area (Å²) in [7, 11) is 0. The van der Waals surface area contributed by atoms with Crippen LogP contribution in [0.5, 0.6) is 0 Å². The van der Waals surface area contributed by atoms with Gasteiger partial charge < -0.3 is 16.0 Å². The van der Waals surface area contributed by atoms with E-state index in [4.69, 9.17) is 23.2 Å². The minimum absolute atomic E-state index is 0.0659. The molecule has 0 bridgehead atoms. The number of halogens is 2. The molecule has 0 heterocycles. The molecule has 2 amide bonds. The fourth-order valence-electron chi connectivity index (χ4n) is 3.25. The van der Waals surface area contributed by atoms with Crippen molar-refractivity contribution in [1.29, 1.82) is 0 Å². The van der Waals surface area contributed by atoms with Crippen LogP contribution in [-0.2, 0) is 4.79 Å². The van der Waals surface area contributed by atoms with Gasteiger partial charge in [0.15, 0.2) is 0 Å². The van der Waals surface area contributed by atoms with E-state index >= 15 is 0 Å². The van der Waals surface area contributed by atoms with Gasteiger partial charge in [0.1, 0.15) is 0 Å². The molecule has 2 aromatic rings. The summed E-state index contributed by atoms with van der Waals surface area (Å²) in [6.07, 6.45) is 5.62. The fraction of sp³-hybridized carbons (Fsp3) is 0.333. The van der Waals surface area contributed by atoms with Gasteiger partial charge in [-0.25, -0.2) is 0 Å². The van der Waals surface area contributed by atoms with Crippen LogP contribution in [0.1, 0.15) is 42.5 Å². The van der Waals surface area contributed by atoms with Crippen molar-refractivity contribution in [3.05, 3.63) is 58.1 Å². The smallest absolute Gasteiger partial charge is 0.251 e. The number of rotatable bonds is 6. The van der Waals surface area contributed by atoms with Crippen LogP contribution in [0.2, 0.25) is 10.0 Å². The number of hydrogen-bond acceptors (Lipinski definition) is 3. The number of carbonyl (C=O) groups excluding carboxylic acids is 2. The molecule has 0 spiro atoms. The number of amides is 2. The second-order valence-electron chi connectivity index (χ2n) is 6.92. The van der Waals surface area contributed by atoms with Crippen molar-refractivity contribution in [2.75, 3.05) is 17.2 Å². The average molecular weight is 420 g/mol. The third-order valence-electron chi connectivity index (χ3n) is 4.72. The van der Waals surface area contributed by atoms with Crippen LogP contribution in [0.3, 0.4) is 0 Å². The molecule has 0 radical (unpaired) electrons. The Bertz CT molecular complexity index is 851. The van der Waals surface area contributed by atoms with Crippen LogP contribution in [0, 0.1) is 0 Å². The molecule has 148 valence electrons. The van der Waals surface area contributed by atoms with Crippen molar-refractivity contribution in [1.82, 2.24) is 5.32 Å². The lowest BCUT2D eigenvalue weighted by Gasteiger charge is -2.22. The molecule has 0 atom stereocenters. The Morgan fingerprint density at radius 1 is 0.929 bits per heavy atom. The lowest BCUT2D eigenvalue weighted by atomic mass is 9.95. The van der Waals surface area contributed by atoms with Crippen molar-refractivity contribution < 1.29 is 9.59 Å². The molecule has 0 aromatic heterocycles. The Morgan fingerprint density at radius 2 is 1.71 bits per heavy atom. The number of anilines is 2. The summed E-state index contributed by atoms with van der Waals surface area (Å²) in [6, 6.07) is 12.3. The summed E-state index contributed by atoms with van der Waals surface area (Å²) in [5, 5.41) is 9.75. The van der Waals surface area contributed by atoms with Crippen molar-refractivity contribution in [3.8, 4) is 0 Å². The van der Waals surface area contributed by atoms with Crippen molar-refractivity contribution in [2.45, 2.75) is 38.1 Å². The van der Waals surface area contributed by atoms with Crippen molar-refractivity contribution in [2.24, 2.45) is 0 Å². The molecular weight excluding hydrogens is 397 g/mol. The first kappa shape index (κ1) is 20.5. The third kappa shape index (κ3) is 5.88. The standard InChI is InChI=1S/C21H23Cl2N3O2/c22-18-10-9-16(12-19(18)23)24-13-20(27)25-17-8-4-5-14(11-17)21(28)26-15-6-2-1-3-7-15/h4-5,8-12,15,24H,1-3,6-7,13H2,(H,25,27)(H,26,28). The zero-order chi connectivity index (χ0) is 19.9. The monoisotopic (exact) mass is 419 g/mol. The predicted octanol–water partition coefficient (Wildman–Crippen LogP) is 5.11. The lowest BCUT2D eigenvalue weighted by molar-refractivity contribution is -0.114. The van der Waals surface area contributed by atoms with Crippen molar-refractivity contribution in [3.63, 3.8) is 0 Å². The van der Waals surface area contributed by atoms with Crippen LogP contribution >= 0.6 is 23.2 Å². The zero-order valence-corrected chi connectivity index (χ0v) is 16.9. The number of carbonyl (C=O) groups is 2. The van der Waals surface area contributed by atoms with Crippen LogP contribution in [0.25, 0.3) is 0 Å². The molecule has 7 heteroatoms. The van der Waals surface area contributed by atoms with E-state index in [1.165, 1.54) is 6.42 Å². The second-order valence-corrected chi connectivity index (χ2v) is 7.73. The summed E-state index contributed by atoms with van der Waals surface area (Å²) in [4.78, 5) is 24.7. The summed E-state index contributed by atoms with van der Waals surface area (Å²) in [6.45, 7) is 0.0659. The van der Waals surface area contributed by atoms with E-state index in [2.05, 4.69) is 16.0 Å². The number of hydrogen-bond donors (Lipinski definition) is 3. The fourth-order valence-corrected chi connectivity index (χ4v) is 3.55. The van der Waals surface area contributed by atoms with Gasteiger partial charge in [-0.1, -0.05) is 48.5 Å². The molecule has 5 nitrogen and oxygen atoms in total. The Labute approximate surface area is 174 Å². The van der Waals surface area contributed by atoms with Crippen LogP contribution in [0.15, 0.2) is 42.5 Å². The normalized spacial score (nSPS) is 14.4. The molecule has 3 N–H and O–H groups in total. The Hall–Kier alpha value is -2.24. The highest BCUT2D eigenvalue weighted by Gasteiger charge is 2.17. The van der Waals surface area contributed by atoms with E-state index in [0.29, 0.717) is 27.0 Å². The Morgan fingerprint density at radius 3 is 2.46 bits per heavy atom. The topological polar surface area (TPSA) is 70.2 Å². The number of nitrogens with one attached hydrogen (secondary N) is 3. The molecule has 1 aliphatic carbocycles. The first-order valence-corrected chi connectivity index (χ1v) is 10.2. The maximum Gasteiger partial charge on any atom is 0.251 e. The van der Waals surface area contributed by atoms with E-state index < -0.39 is 0 Å². The minimum atomic E-state index is -0.226. The van der Waals surface area contributed by atoms with Gasteiger partial charge >= 0.3 is 0 Å². The largest absolute Gasteiger partial charge is 0.376 e. The molecule has 0 aliphatic heterocycles. The average Bonchev–Trinajstić information content (AvgIpc) is 2.70. The quantitative estimate of drug-likeness (QED) is 0.609. The van der Waals surface area contributed by atoms with E-state index in [1.54, 1.807) is 42.5 Å². The van der Waals surface area contributed by atoms with Gasteiger partial charge in [-0.2, -0.15) is 0 Å². The maximum absolute atomic E-state index is 12.5. The summed E-state index contributed by atoms with van der Waals surface area (Å²) in [5.41, 5.74) is 1.82. The van der Waals surface area contributed by atoms with Crippen LogP contribution in [0.4, 0.5) is 11.4 Å². The zero-order valence-electron chi connectivity index (χ0n) is 15.4. The van der Waals surface area contributed by atoms with Gasteiger partial charge in [0.2, 0.25) is 5.91 Å². The van der Waals surface area contributed by atoms with Gasteiger partial charge in [0.05, 0.1) is 16.6 Å². The summed E-state index contributed by atoms with van der Waals surface area (Å²) >= 11 is 11.8. The molecular formula is C21H23Cl2N3O2.